The molecule has 0 aliphatic carbocycles. The van der Waals surface area contributed by atoms with Crippen molar-refractivity contribution in [2.24, 2.45) is 9.98 Å². The number of rotatable bonds is 8. The molecule has 2 aromatic heterocycles. The SMILES string of the molecule is O=C([O-])CCN=Cc1c[nH]c2ccccc12.O=C([O-])CCN=Cc1c[nH]c2ccccc12.[Ni+2]. The molecule has 0 bridgehead atoms. The molecule has 0 amide bonds. The van der Waals surface area contributed by atoms with Crippen molar-refractivity contribution in [3.8, 4) is 0 Å². The minimum absolute atomic E-state index is 0. The molecule has 2 aromatic carbocycles. The first kappa shape index (κ1) is 25.6. The van der Waals surface area contributed by atoms with Crippen molar-refractivity contribution in [1.82, 2.24) is 9.97 Å². The molecule has 172 valence electrons. The maximum atomic E-state index is 10.2. The summed E-state index contributed by atoms with van der Waals surface area (Å²) in [7, 11) is 0. The molecule has 9 heteroatoms. The number of nitrogens with one attached hydrogen (secondary N) is 2. The predicted octanol–water partition coefficient (Wildman–Crippen LogP) is 1.45. The third kappa shape index (κ3) is 7.73. The Labute approximate surface area is 200 Å². The number of carbonyl (C=O) groups is 2. The number of benzene rings is 2. The largest absolute Gasteiger partial charge is 2.00 e. The molecule has 0 aliphatic rings. The van der Waals surface area contributed by atoms with Gasteiger partial charge in [0, 0.05) is 95.6 Å². The maximum Gasteiger partial charge on any atom is 2.00 e. The number of aromatic amines is 2. The van der Waals surface area contributed by atoms with Gasteiger partial charge in [-0.2, -0.15) is 0 Å². The third-order valence-corrected chi connectivity index (χ3v) is 4.59. The molecule has 0 unspecified atom stereocenters. The van der Waals surface area contributed by atoms with Crippen molar-refractivity contribution < 1.29 is 36.3 Å². The van der Waals surface area contributed by atoms with Gasteiger partial charge in [0.25, 0.3) is 0 Å². The Morgan fingerprint density at radius 3 is 1.52 bits per heavy atom. The van der Waals surface area contributed by atoms with Gasteiger partial charge in [0.05, 0.1) is 0 Å². The van der Waals surface area contributed by atoms with E-state index in [-0.39, 0.29) is 42.4 Å². The number of para-hydroxylation sites is 2. The number of aromatic nitrogens is 2. The molecule has 0 fully saturated rings. The average Bonchev–Trinajstić information content (AvgIpc) is 3.39. The van der Waals surface area contributed by atoms with E-state index in [1.165, 1.54) is 0 Å². The molecule has 0 atom stereocenters. The minimum atomic E-state index is -1.07. The van der Waals surface area contributed by atoms with E-state index in [4.69, 9.17) is 0 Å². The standard InChI is InChI=1S/2C12H12N2O2.Ni/c2*15-12(16)5-6-13-7-9-8-14-11-4-2-1-3-10(9)11;/h2*1-4,7-8,14H,5-6H2,(H,15,16);/q;;+2/p-2. The fraction of sp³-hybridized carbons (Fsp3) is 0.167. The first-order chi connectivity index (χ1) is 15.5. The molecule has 0 saturated heterocycles. The van der Waals surface area contributed by atoms with Crippen LogP contribution in [0.4, 0.5) is 0 Å². The van der Waals surface area contributed by atoms with E-state index in [9.17, 15) is 19.8 Å². The zero-order chi connectivity index (χ0) is 22.8. The van der Waals surface area contributed by atoms with Crippen LogP contribution in [-0.2, 0) is 26.1 Å². The van der Waals surface area contributed by atoms with Crippen LogP contribution in [-0.4, -0.2) is 47.4 Å². The van der Waals surface area contributed by atoms with Crippen LogP contribution in [0.3, 0.4) is 0 Å². The van der Waals surface area contributed by atoms with E-state index in [1.807, 2.05) is 60.9 Å². The van der Waals surface area contributed by atoms with Crippen LogP contribution in [0.15, 0.2) is 70.9 Å². The number of aliphatic carboxylic acids is 2. The monoisotopic (exact) mass is 488 g/mol. The molecule has 0 spiro atoms. The number of hydrogen-bond donors (Lipinski definition) is 2. The number of hydrogen-bond acceptors (Lipinski definition) is 6. The van der Waals surface area contributed by atoms with Gasteiger partial charge in [-0.05, 0) is 12.1 Å². The van der Waals surface area contributed by atoms with Crippen molar-refractivity contribution in [1.29, 1.82) is 0 Å². The molecule has 2 heterocycles. The van der Waals surface area contributed by atoms with Crippen molar-refractivity contribution in [3.05, 3.63) is 72.1 Å². The van der Waals surface area contributed by atoms with Gasteiger partial charge in [0.15, 0.2) is 0 Å². The Bertz CT molecular complexity index is 1160. The first-order valence-electron chi connectivity index (χ1n) is 10.1. The molecule has 0 aliphatic heterocycles. The van der Waals surface area contributed by atoms with Crippen molar-refractivity contribution >= 4 is 46.2 Å². The van der Waals surface area contributed by atoms with Gasteiger partial charge >= 0.3 is 16.5 Å². The molecular weight excluding hydrogens is 467 g/mol. The Kier molecular flexibility index (Phi) is 10.1. The Balaban J connectivity index is 0.000000227. The van der Waals surface area contributed by atoms with Gasteiger partial charge in [-0.25, -0.2) is 0 Å². The second kappa shape index (κ2) is 13.0. The number of H-pyrrole nitrogens is 2. The molecule has 8 nitrogen and oxygen atoms in total. The van der Waals surface area contributed by atoms with Crippen LogP contribution in [0, 0.1) is 0 Å². The number of aliphatic imine (C=N–C) groups is 2. The average molecular weight is 489 g/mol. The van der Waals surface area contributed by atoms with Crippen LogP contribution in [0.5, 0.6) is 0 Å². The normalized spacial score (nSPS) is 10.9. The Morgan fingerprint density at radius 1 is 0.727 bits per heavy atom. The van der Waals surface area contributed by atoms with Crippen LogP contribution in [0.2, 0.25) is 0 Å². The number of carboxylic acid groups (broad SMARTS) is 2. The number of nitrogens with zero attached hydrogens (tertiary/aromatic N) is 2. The summed E-state index contributed by atoms with van der Waals surface area (Å²) in [6.45, 7) is 0.504. The van der Waals surface area contributed by atoms with Crippen LogP contribution in [0.1, 0.15) is 24.0 Å². The van der Waals surface area contributed by atoms with Crippen molar-refractivity contribution in [2.45, 2.75) is 12.8 Å². The molecule has 2 N–H and O–H groups in total. The second-order valence-electron chi connectivity index (χ2n) is 6.89. The fourth-order valence-electron chi connectivity index (χ4n) is 3.04. The third-order valence-electron chi connectivity index (χ3n) is 4.59. The van der Waals surface area contributed by atoms with Gasteiger partial charge in [-0.3, -0.25) is 9.98 Å². The Hall–Kier alpha value is -3.71. The number of carboxylic acids is 2. The number of carbonyl (C=O) groups excluding carboxylic acids is 2. The predicted molar refractivity (Wildman–Crippen MR) is 121 cm³/mol. The summed E-state index contributed by atoms with van der Waals surface area (Å²) in [6.07, 6.45) is 6.99. The van der Waals surface area contributed by atoms with Crippen molar-refractivity contribution in [3.63, 3.8) is 0 Å². The van der Waals surface area contributed by atoms with E-state index >= 15 is 0 Å². The second-order valence-corrected chi connectivity index (χ2v) is 6.89. The quantitative estimate of drug-likeness (QED) is 0.286. The summed E-state index contributed by atoms with van der Waals surface area (Å²) < 4.78 is 0. The molecule has 0 radical (unpaired) electrons. The topological polar surface area (TPSA) is 137 Å². The van der Waals surface area contributed by atoms with Crippen LogP contribution < -0.4 is 10.2 Å². The van der Waals surface area contributed by atoms with Gasteiger partial charge in [-0.1, -0.05) is 36.4 Å². The van der Waals surface area contributed by atoms with Crippen LogP contribution >= 0.6 is 0 Å². The van der Waals surface area contributed by atoms with Gasteiger partial charge in [0.2, 0.25) is 0 Å². The summed E-state index contributed by atoms with van der Waals surface area (Å²) in [4.78, 5) is 34.7. The van der Waals surface area contributed by atoms with Gasteiger partial charge in [-0.15, -0.1) is 0 Å². The summed E-state index contributed by atoms with van der Waals surface area (Å²) in [6, 6.07) is 15.8. The number of fused-ring (bicyclic) bond motifs is 2. The molecule has 4 rings (SSSR count). The van der Waals surface area contributed by atoms with E-state index in [2.05, 4.69) is 20.0 Å². The van der Waals surface area contributed by atoms with Crippen LogP contribution in [0.25, 0.3) is 21.8 Å². The van der Waals surface area contributed by atoms with E-state index in [1.54, 1.807) is 12.4 Å². The smallest absolute Gasteiger partial charge is 0.550 e. The fourth-order valence-corrected chi connectivity index (χ4v) is 3.04. The summed E-state index contributed by atoms with van der Waals surface area (Å²) >= 11 is 0. The minimum Gasteiger partial charge on any atom is -0.550 e. The molecule has 0 saturated carbocycles. The summed E-state index contributed by atoms with van der Waals surface area (Å²) in [5.41, 5.74) is 4.02. The van der Waals surface area contributed by atoms with E-state index < -0.39 is 11.9 Å². The summed E-state index contributed by atoms with van der Waals surface area (Å²) in [5.74, 6) is -2.15. The zero-order valence-electron chi connectivity index (χ0n) is 17.6. The first-order valence-corrected chi connectivity index (χ1v) is 10.1. The van der Waals surface area contributed by atoms with E-state index in [0.717, 1.165) is 32.9 Å². The van der Waals surface area contributed by atoms with Gasteiger partial charge in [0.1, 0.15) is 0 Å². The zero-order valence-corrected chi connectivity index (χ0v) is 18.6. The molecule has 33 heavy (non-hydrogen) atoms. The summed E-state index contributed by atoms with van der Waals surface area (Å²) in [5, 5.41) is 22.5. The Morgan fingerprint density at radius 2 is 1.12 bits per heavy atom. The van der Waals surface area contributed by atoms with Crippen molar-refractivity contribution in [2.75, 3.05) is 13.1 Å². The molecular formula is C24H22N4NiO4. The van der Waals surface area contributed by atoms with E-state index in [0.29, 0.717) is 0 Å². The molecule has 4 aromatic rings. The van der Waals surface area contributed by atoms with Gasteiger partial charge < -0.3 is 29.8 Å². The maximum absolute atomic E-state index is 10.2.